The van der Waals surface area contributed by atoms with Gasteiger partial charge in [0.15, 0.2) is 5.82 Å². The Balaban J connectivity index is 1.85. The van der Waals surface area contributed by atoms with Gasteiger partial charge in [-0.05, 0) is 18.2 Å². The summed E-state index contributed by atoms with van der Waals surface area (Å²) >= 11 is 3.71. The second-order valence-electron chi connectivity index (χ2n) is 4.99. The lowest BCUT2D eigenvalue weighted by atomic mass is 10.2. The molecule has 0 radical (unpaired) electrons. The van der Waals surface area contributed by atoms with Crippen LogP contribution in [0, 0.1) is 5.82 Å². The average molecular weight is 326 g/mol. The van der Waals surface area contributed by atoms with Crippen molar-refractivity contribution < 1.29 is 14.0 Å². The van der Waals surface area contributed by atoms with Crippen LogP contribution in [0.4, 0.5) is 4.39 Å². The minimum absolute atomic E-state index is 0.0701. The molecule has 1 aliphatic rings. The lowest BCUT2D eigenvalue weighted by Gasteiger charge is -2.29. The number of benzene rings is 1. The zero-order valence-electron chi connectivity index (χ0n) is 11.6. The molecule has 2 heterocycles. The first-order chi connectivity index (χ1) is 10.0. The molecule has 1 aromatic carbocycles. The number of aromatic hydroxyl groups is 1. The van der Waals surface area contributed by atoms with E-state index in [4.69, 9.17) is 4.52 Å². The van der Waals surface area contributed by atoms with E-state index in [-0.39, 0.29) is 22.5 Å². The Morgan fingerprint density at radius 3 is 2.90 bits per heavy atom. The fourth-order valence-corrected chi connectivity index (χ4v) is 4.91. The van der Waals surface area contributed by atoms with Crippen LogP contribution < -0.4 is 0 Å². The summed E-state index contributed by atoms with van der Waals surface area (Å²) in [5.41, 5.74) is 0.226. The Morgan fingerprint density at radius 1 is 1.33 bits per heavy atom. The molecular weight excluding hydrogens is 311 g/mol. The molecular formula is C14H15FN2O2S2. The third-order valence-corrected chi connectivity index (χ3v) is 6.86. The largest absolute Gasteiger partial charge is 0.507 e. The highest BCUT2D eigenvalue weighted by molar-refractivity contribution is 8.07. The van der Waals surface area contributed by atoms with Gasteiger partial charge in [0.25, 0.3) is 5.89 Å². The SMILES string of the molecule is CC1SCC(c2noc(-c3cc(F)ccc3O)n2)SC1C. The number of phenolic OH excluding ortho intramolecular Hbond substituents is 1. The summed E-state index contributed by atoms with van der Waals surface area (Å²) in [5, 5.41) is 15.0. The van der Waals surface area contributed by atoms with Crippen LogP contribution in [-0.4, -0.2) is 31.5 Å². The number of rotatable bonds is 2. The molecule has 112 valence electrons. The maximum atomic E-state index is 13.3. The van der Waals surface area contributed by atoms with E-state index in [1.165, 1.54) is 18.2 Å². The zero-order chi connectivity index (χ0) is 15.0. The van der Waals surface area contributed by atoms with Gasteiger partial charge < -0.3 is 9.63 Å². The molecule has 0 spiro atoms. The van der Waals surface area contributed by atoms with Crippen molar-refractivity contribution in [2.75, 3.05) is 5.75 Å². The van der Waals surface area contributed by atoms with Crippen molar-refractivity contribution in [2.24, 2.45) is 0 Å². The van der Waals surface area contributed by atoms with E-state index in [1.807, 2.05) is 23.5 Å². The van der Waals surface area contributed by atoms with Gasteiger partial charge in [-0.1, -0.05) is 19.0 Å². The van der Waals surface area contributed by atoms with Crippen LogP contribution in [0.3, 0.4) is 0 Å². The number of hydrogen-bond acceptors (Lipinski definition) is 6. The molecule has 3 atom stereocenters. The monoisotopic (exact) mass is 326 g/mol. The molecule has 0 saturated carbocycles. The number of halogens is 1. The quantitative estimate of drug-likeness (QED) is 0.904. The Morgan fingerprint density at radius 2 is 2.14 bits per heavy atom. The van der Waals surface area contributed by atoms with E-state index < -0.39 is 5.82 Å². The second-order valence-corrected chi connectivity index (χ2v) is 7.98. The van der Waals surface area contributed by atoms with Gasteiger partial charge in [-0.25, -0.2) is 4.39 Å². The summed E-state index contributed by atoms with van der Waals surface area (Å²) in [7, 11) is 0. The van der Waals surface area contributed by atoms with Crippen LogP contribution in [0.5, 0.6) is 5.75 Å². The van der Waals surface area contributed by atoms with E-state index in [2.05, 4.69) is 24.0 Å². The molecule has 0 bridgehead atoms. The fraction of sp³-hybridized carbons (Fsp3) is 0.429. The first-order valence-corrected chi connectivity index (χ1v) is 8.63. The number of nitrogens with zero attached hydrogens (tertiary/aromatic N) is 2. The van der Waals surface area contributed by atoms with Gasteiger partial charge in [-0.15, -0.1) is 11.8 Å². The maximum Gasteiger partial charge on any atom is 0.261 e. The first-order valence-electron chi connectivity index (χ1n) is 6.64. The topological polar surface area (TPSA) is 59.2 Å². The van der Waals surface area contributed by atoms with Crippen LogP contribution in [0.1, 0.15) is 24.9 Å². The van der Waals surface area contributed by atoms with Crippen LogP contribution in [0.2, 0.25) is 0 Å². The molecule has 1 aromatic heterocycles. The highest BCUT2D eigenvalue weighted by Crippen LogP contribution is 2.43. The van der Waals surface area contributed by atoms with Crippen molar-refractivity contribution in [3.05, 3.63) is 29.8 Å². The number of aromatic nitrogens is 2. The lowest BCUT2D eigenvalue weighted by Crippen LogP contribution is -2.22. The van der Waals surface area contributed by atoms with Gasteiger partial charge in [0, 0.05) is 16.3 Å². The van der Waals surface area contributed by atoms with E-state index >= 15 is 0 Å². The smallest absolute Gasteiger partial charge is 0.261 e. The van der Waals surface area contributed by atoms with Gasteiger partial charge in [-0.2, -0.15) is 16.7 Å². The molecule has 3 unspecified atom stereocenters. The highest BCUT2D eigenvalue weighted by atomic mass is 32.2. The minimum Gasteiger partial charge on any atom is -0.507 e. The average Bonchev–Trinajstić information content (AvgIpc) is 2.94. The van der Waals surface area contributed by atoms with Crippen molar-refractivity contribution in [3.63, 3.8) is 0 Å². The summed E-state index contributed by atoms with van der Waals surface area (Å²) in [4.78, 5) is 4.33. The van der Waals surface area contributed by atoms with Crippen LogP contribution in [0.15, 0.2) is 22.7 Å². The summed E-state index contributed by atoms with van der Waals surface area (Å²) in [6.07, 6.45) is 0. The molecule has 7 heteroatoms. The van der Waals surface area contributed by atoms with Gasteiger partial charge in [0.05, 0.1) is 10.8 Å². The highest BCUT2D eigenvalue weighted by Gasteiger charge is 2.30. The predicted octanol–water partition coefficient (Wildman–Crippen LogP) is 3.88. The molecule has 1 aliphatic heterocycles. The molecule has 1 fully saturated rings. The Hall–Kier alpha value is -1.21. The van der Waals surface area contributed by atoms with E-state index in [1.54, 1.807) is 0 Å². The van der Waals surface area contributed by atoms with Crippen LogP contribution in [-0.2, 0) is 0 Å². The molecule has 0 aliphatic carbocycles. The van der Waals surface area contributed by atoms with E-state index in [0.29, 0.717) is 16.3 Å². The molecule has 21 heavy (non-hydrogen) atoms. The summed E-state index contributed by atoms with van der Waals surface area (Å²) in [6, 6.07) is 3.66. The molecule has 2 aromatic rings. The predicted molar refractivity (Wildman–Crippen MR) is 83.1 cm³/mol. The van der Waals surface area contributed by atoms with Gasteiger partial charge in [0.2, 0.25) is 0 Å². The maximum absolute atomic E-state index is 13.3. The molecule has 0 amide bonds. The number of hydrogen-bond donors (Lipinski definition) is 1. The summed E-state index contributed by atoms with van der Waals surface area (Å²) in [6.45, 7) is 4.40. The standard InChI is InChI=1S/C14H15FN2O2S2/c1-7-8(2)21-12(6-20-7)13-16-14(19-17-13)10-5-9(15)3-4-11(10)18/h3-5,7-8,12,18H,6H2,1-2H3. The third kappa shape index (κ3) is 3.03. The molecule has 3 rings (SSSR count). The second kappa shape index (κ2) is 5.88. The van der Waals surface area contributed by atoms with Crippen LogP contribution >= 0.6 is 23.5 Å². The Labute approximate surface area is 130 Å². The number of thioether (sulfide) groups is 2. The van der Waals surface area contributed by atoms with Gasteiger partial charge >= 0.3 is 0 Å². The summed E-state index contributed by atoms with van der Waals surface area (Å²) in [5.74, 6) is 1.15. The van der Waals surface area contributed by atoms with Gasteiger partial charge in [0.1, 0.15) is 11.6 Å². The number of phenols is 1. The van der Waals surface area contributed by atoms with Crippen molar-refractivity contribution in [2.45, 2.75) is 29.6 Å². The van der Waals surface area contributed by atoms with E-state index in [0.717, 1.165) is 5.75 Å². The van der Waals surface area contributed by atoms with Crippen molar-refractivity contribution in [1.29, 1.82) is 0 Å². The van der Waals surface area contributed by atoms with Crippen molar-refractivity contribution in [1.82, 2.24) is 10.1 Å². The molecule has 1 N–H and O–H groups in total. The summed E-state index contributed by atoms with van der Waals surface area (Å²) < 4.78 is 18.5. The third-order valence-electron chi connectivity index (χ3n) is 3.47. The first kappa shape index (κ1) is 14.7. The lowest BCUT2D eigenvalue weighted by molar-refractivity contribution is 0.417. The van der Waals surface area contributed by atoms with Gasteiger partial charge in [-0.3, -0.25) is 0 Å². The van der Waals surface area contributed by atoms with E-state index in [9.17, 15) is 9.50 Å². The Bertz CT molecular complexity index is 650. The minimum atomic E-state index is -0.451. The normalized spacial score (nSPS) is 26.0. The van der Waals surface area contributed by atoms with Crippen molar-refractivity contribution in [3.8, 4) is 17.2 Å². The Kier molecular flexibility index (Phi) is 4.12. The van der Waals surface area contributed by atoms with Crippen molar-refractivity contribution >= 4 is 23.5 Å². The zero-order valence-corrected chi connectivity index (χ0v) is 13.2. The fourth-order valence-electron chi connectivity index (χ4n) is 2.07. The molecule has 1 saturated heterocycles. The van der Waals surface area contributed by atoms with Crippen LogP contribution in [0.25, 0.3) is 11.5 Å². The molecule has 4 nitrogen and oxygen atoms in total.